The average molecular weight is 571 g/mol. The molecular formula is C29H42N6O4S. The summed E-state index contributed by atoms with van der Waals surface area (Å²) in [7, 11) is -3.45. The smallest absolute Gasteiger partial charge is 0.410 e. The molecule has 3 heterocycles. The normalized spacial score (nSPS) is 15.6. The fraction of sp³-hybridized carbons (Fsp3) is 0.552. The predicted molar refractivity (Wildman–Crippen MR) is 160 cm³/mol. The highest BCUT2D eigenvalue weighted by atomic mass is 32.2. The van der Waals surface area contributed by atoms with Crippen LogP contribution in [0.3, 0.4) is 0 Å². The van der Waals surface area contributed by atoms with Crippen LogP contribution in [0, 0.1) is 0 Å². The summed E-state index contributed by atoms with van der Waals surface area (Å²) in [5.74, 6) is 1.36. The third-order valence-electron chi connectivity index (χ3n) is 7.13. The van der Waals surface area contributed by atoms with E-state index >= 15 is 0 Å². The zero-order valence-corrected chi connectivity index (χ0v) is 25.1. The SMILES string of the molecule is CCCCc1nc2c(N)nc3ccccc3c2n1C/C=C/CN(C1CCN(C(=O)OC(C)(C)C)CC1)S(C)(=O)=O. The third kappa shape index (κ3) is 6.93. The number of ether oxygens (including phenoxy) is 1. The molecular weight excluding hydrogens is 528 g/mol. The third-order valence-corrected chi connectivity index (χ3v) is 8.43. The van der Waals surface area contributed by atoms with Crippen LogP contribution in [0.1, 0.15) is 59.2 Å². The molecule has 3 aromatic rings. The van der Waals surface area contributed by atoms with Crippen LogP contribution in [0.2, 0.25) is 0 Å². The van der Waals surface area contributed by atoms with Crippen molar-refractivity contribution in [3.05, 3.63) is 42.2 Å². The molecule has 1 aliphatic rings. The van der Waals surface area contributed by atoms with Crippen LogP contribution < -0.4 is 5.73 Å². The second kappa shape index (κ2) is 12.1. The van der Waals surface area contributed by atoms with Gasteiger partial charge >= 0.3 is 6.09 Å². The summed E-state index contributed by atoms with van der Waals surface area (Å²) in [5, 5.41) is 0.991. The lowest BCUT2D eigenvalue weighted by molar-refractivity contribution is 0.0180. The van der Waals surface area contributed by atoms with E-state index in [1.165, 1.54) is 10.6 Å². The van der Waals surface area contributed by atoms with Crippen molar-refractivity contribution in [1.29, 1.82) is 0 Å². The van der Waals surface area contributed by atoms with Gasteiger partial charge in [0.25, 0.3) is 0 Å². The maximum atomic E-state index is 12.7. The summed E-state index contributed by atoms with van der Waals surface area (Å²) >= 11 is 0. The van der Waals surface area contributed by atoms with Crippen LogP contribution in [-0.2, 0) is 27.7 Å². The van der Waals surface area contributed by atoms with Gasteiger partial charge in [-0.3, -0.25) is 0 Å². The Labute approximate surface area is 237 Å². The van der Waals surface area contributed by atoms with Gasteiger partial charge in [-0.1, -0.05) is 43.7 Å². The van der Waals surface area contributed by atoms with Crippen LogP contribution in [0.5, 0.6) is 0 Å². The maximum absolute atomic E-state index is 12.7. The molecule has 1 aliphatic heterocycles. The first-order valence-corrected chi connectivity index (χ1v) is 15.9. The Morgan fingerprint density at radius 3 is 2.52 bits per heavy atom. The molecule has 2 N–H and O–H groups in total. The molecule has 0 radical (unpaired) electrons. The number of sulfonamides is 1. The molecule has 0 saturated carbocycles. The van der Waals surface area contributed by atoms with Gasteiger partial charge in [0.05, 0.1) is 17.3 Å². The van der Waals surface area contributed by atoms with E-state index in [1.807, 2.05) is 57.2 Å². The molecule has 0 spiro atoms. The predicted octanol–water partition coefficient (Wildman–Crippen LogP) is 4.73. The molecule has 1 amide bonds. The Balaban J connectivity index is 1.51. The van der Waals surface area contributed by atoms with Gasteiger partial charge in [-0.25, -0.2) is 23.2 Å². The van der Waals surface area contributed by atoms with Crippen molar-refractivity contribution in [2.45, 2.75) is 78.0 Å². The van der Waals surface area contributed by atoms with Crippen LogP contribution in [0.4, 0.5) is 10.6 Å². The number of rotatable bonds is 9. The van der Waals surface area contributed by atoms with Crippen LogP contribution in [-0.4, -0.2) is 75.8 Å². The van der Waals surface area contributed by atoms with Crippen LogP contribution >= 0.6 is 0 Å². The number of nitrogens with two attached hydrogens (primary N) is 1. The van der Waals surface area contributed by atoms with E-state index in [1.54, 1.807) is 4.90 Å². The molecule has 0 atom stereocenters. The number of likely N-dealkylation sites (tertiary alicyclic amines) is 1. The number of hydrogen-bond acceptors (Lipinski definition) is 7. The Bertz CT molecular complexity index is 1480. The van der Waals surface area contributed by atoms with Crippen molar-refractivity contribution in [2.75, 3.05) is 31.6 Å². The number of piperidine rings is 1. The van der Waals surface area contributed by atoms with Gasteiger partial charge in [0.1, 0.15) is 16.9 Å². The summed E-state index contributed by atoms with van der Waals surface area (Å²) in [6.45, 7) is 9.37. The van der Waals surface area contributed by atoms with Gasteiger partial charge in [0.15, 0.2) is 5.82 Å². The Morgan fingerprint density at radius 1 is 1.18 bits per heavy atom. The minimum atomic E-state index is -3.45. The van der Waals surface area contributed by atoms with Crippen LogP contribution in [0.25, 0.3) is 21.9 Å². The fourth-order valence-electron chi connectivity index (χ4n) is 5.20. The monoisotopic (exact) mass is 570 g/mol. The Hall–Kier alpha value is -3.18. The quantitative estimate of drug-likeness (QED) is 0.369. The average Bonchev–Trinajstić information content (AvgIpc) is 3.25. The molecule has 40 heavy (non-hydrogen) atoms. The van der Waals surface area contributed by atoms with E-state index in [-0.39, 0.29) is 18.7 Å². The summed E-state index contributed by atoms with van der Waals surface area (Å²) in [5.41, 5.74) is 8.21. The molecule has 1 saturated heterocycles. The summed E-state index contributed by atoms with van der Waals surface area (Å²) < 4.78 is 34.7. The molecule has 0 bridgehead atoms. The zero-order valence-electron chi connectivity index (χ0n) is 24.3. The Morgan fingerprint density at radius 2 is 1.88 bits per heavy atom. The van der Waals surface area contributed by atoms with E-state index in [4.69, 9.17) is 15.5 Å². The van der Waals surface area contributed by atoms with Crippen molar-refractivity contribution >= 4 is 43.9 Å². The lowest BCUT2D eigenvalue weighted by Gasteiger charge is -2.37. The number of carbonyl (C=O) groups is 1. The molecule has 2 aromatic heterocycles. The van der Waals surface area contributed by atoms with E-state index < -0.39 is 15.6 Å². The van der Waals surface area contributed by atoms with Crippen molar-refractivity contribution < 1.29 is 17.9 Å². The molecule has 0 unspecified atom stereocenters. The number of imidazole rings is 1. The Kier molecular flexibility index (Phi) is 9.04. The van der Waals surface area contributed by atoms with E-state index in [9.17, 15) is 13.2 Å². The van der Waals surface area contributed by atoms with Crippen LogP contribution in [0.15, 0.2) is 36.4 Å². The van der Waals surface area contributed by atoms with Crippen molar-refractivity contribution in [1.82, 2.24) is 23.7 Å². The summed E-state index contributed by atoms with van der Waals surface area (Å²) in [4.78, 5) is 23.5. The zero-order chi connectivity index (χ0) is 29.1. The van der Waals surface area contributed by atoms with Gasteiger partial charge in [0.2, 0.25) is 10.0 Å². The number of anilines is 1. The van der Waals surface area contributed by atoms with Crippen molar-refractivity contribution in [3.63, 3.8) is 0 Å². The first-order valence-electron chi connectivity index (χ1n) is 14.0. The second-order valence-electron chi connectivity index (χ2n) is 11.5. The topological polar surface area (TPSA) is 124 Å². The summed E-state index contributed by atoms with van der Waals surface area (Å²) in [6.07, 6.45) is 8.78. The number of aromatic nitrogens is 3. The van der Waals surface area contributed by atoms with Crippen molar-refractivity contribution in [2.24, 2.45) is 0 Å². The minimum Gasteiger partial charge on any atom is -0.444 e. The number of allylic oxidation sites excluding steroid dienone is 1. The van der Waals surface area contributed by atoms with E-state index in [0.717, 1.165) is 41.5 Å². The standard InChI is InChI=1S/C29H42N6O4S/c1-6-7-14-24-32-25-26(22-12-8-9-13-23(22)31-27(25)30)34(24)17-10-11-18-35(40(5,37)38)21-15-19-33(20-16-21)28(36)39-29(2,3)4/h8-13,21H,6-7,14-20H2,1-5H3,(H2,30,31)/b11-10+. The van der Waals surface area contributed by atoms with Gasteiger partial charge in [-0.2, -0.15) is 4.31 Å². The number of nitrogens with zero attached hydrogens (tertiary/aromatic N) is 5. The lowest BCUT2D eigenvalue weighted by atomic mass is 10.1. The van der Waals surface area contributed by atoms with E-state index in [0.29, 0.717) is 43.8 Å². The van der Waals surface area contributed by atoms with E-state index in [2.05, 4.69) is 16.5 Å². The molecule has 0 aliphatic carbocycles. The number of amides is 1. The maximum Gasteiger partial charge on any atom is 0.410 e. The number of para-hydroxylation sites is 1. The number of nitrogen functional groups attached to an aromatic ring is 1. The van der Waals surface area contributed by atoms with Gasteiger partial charge in [-0.15, -0.1) is 0 Å². The second-order valence-corrected chi connectivity index (χ2v) is 13.4. The molecule has 10 nitrogen and oxygen atoms in total. The first-order chi connectivity index (χ1) is 18.9. The summed E-state index contributed by atoms with van der Waals surface area (Å²) in [6, 6.07) is 7.72. The highest BCUT2D eigenvalue weighted by molar-refractivity contribution is 7.88. The molecule has 1 fully saturated rings. The molecule has 11 heteroatoms. The minimum absolute atomic E-state index is 0.178. The number of fused-ring (bicyclic) bond motifs is 3. The number of hydrogen-bond donors (Lipinski definition) is 1. The van der Waals surface area contributed by atoms with Gasteiger partial charge in [0, 0.05) is 44.0 Å². The number of aryl methyl sites for hydroxylation is 1. The van der Waals surface area contributed by atoms with Gasteiger partial charge in [-0.05, 0) is 46.1 Å². The molecule has 4 rings (SSSR count). The van der Waals surface area contributed by atoms with Gasteiger partial charge < -0.3 is 19.9 Å². The number of carbonyl (C=O) groups excluding carboxylic acids is 1. The first kappa shape index (κ1) is 29.8. The largest absolute Gasteiger partial charge is 0.444 e. The highest BCUT2D eigenvalue weighted by Gasteiger charge is 2.32. The number of benzene rings is 1. The number of pyridine rings is 1. The number of unbranched alkanes of at least 4 members (excludes halogenated alkanes) is 1. The molecule has 218 valence electrons. The highest BCUT2D eigenvalue weighted by Crippen LogP contribution is 2.29. The molecule has 1 aromatic carbocycles. The lowest BCUT2D eigenvalue weighted by Crippen LogP contribution is -2.49. The fourth-order valence-corrected chi connectivity index (χ4v) is 6.31. The van der Waals surface area contributed by atoms with Crippen molar-refractivity contribution in [3.8, 4) is 0 Å².